The van der Waals surface area contributed by atoms with Crippen molar-refractivity contribution in [2.24, 2.45) is 0 Å². The number of aliphatic carboxylic acids is 1. The van der Waals surface area contributed by atoms with E-state index in [-0.39, 0.29) is 6.54 Å². The molecule has 0 saturated carbocycles. The van der Waals surface area contributed by atoms with Crippen LogP contribution in [-0.2, 0) is 11.3 Å². The van der Waals surface area contributed by atoms with E-state index in [0.717, 1.165) is 18.7 Å². The molecule has 1 atom stereocenters. The van der Waals surface area contributed by atoms with Crippen molar-refractivity contribution in [3.63, 3.8) is 0 Å². The average molecular weight is 292 g/mol. The van der Waals surface area contributed by atoms with E-state index in [1.807, 2.05) is 12.4 Å². The molecular formula is C15H24N4O2. The van der Waals surface area contributed by atoms with Crippen LogP contribution in [0, 0.1) is 0 Å². The molecule has 0 aliphatic carbocycles. The maximum absolute atomic E-state index is 10.7. The van der Waals surface area contributed by atoms with Crippen molar-refractivity contribution >= 4 is 11.9 Å². The second kappa shape index (κ2) is 7.36. The number of likely N-dealkylation sites (N-methyl/N-ethyl adjacent to an activating group) is 1. The molecule has 1 fully saturated rings. The largest absolute Gasteiger partial charge is 0.480 e. The lowest BCUT2D eigenvalue weighted by Crippen LogP contribution is -2.29. The fraction of sp³-hybridized carbons (Fsp3) is 0.667. The zero-order valence-electron chi connectivity index (χ0n) is 12.8. The number of anilines is 1. The first-order valence-corrected chi connectivity index (χ1v) is 7.58. The standard InChI is InChI=1S/C15H24N4O2/c1-3-5-13-6-4-7-19(13)10-12-8-16-15(17-9-12)18(2)11-14(20)21/h8-9,13H,3-7,10-11H2,1-2H3,(H,20,21)/t13-/m1/s1. The van der Waals surface area contributed by atoms with Gasteiger partial charge in [-0.3, -0.25) is 9.69 Å². The number of carbonyl (C=O) groups is 1. The highest BCUT2D eigenvalue weighted by molar-refractivity contribution is 5.72. The summed E-state index contributed by atoms with van der Waals surface area (Å²) >= 11 is 0. The van der Waals surface area contributed by atoms with Gasteiger partial charge in [0, 0.05) is 37.6 Å². The molecule has 6 nitrogen and oxygen atoms in total. The minimum atomic E-state index is -0.885. The van der Waals surface area contributed by atoms with Crippen molar-refractivity contribution in [1.82, 2.24) is 14.9 Å². The normalized spacial score (nSPS) is 18.9. The molecule has 0 amide bonds. The Kier molecular flexibility index (Phi) is 5.50. The highest BCUT2D eigenvalue weighted by Crippen LogP contribution is 2.23. The van der Waals surface area contributed by atoms with E-state index in [2.05, 4.69) is 21.8 Å². The van der Waals surface area contributed by atoms with Gasteiger partial charge in [-0.15, -0.1) is 0 Å². The van der Waals surface area contributed by atoms with Gasteiger partial charge in [0.2, 0.25) is 5.95 Å². The van der Waals surface area contributed by atoms with Gasteiger partial charge in [-0.25, -0.2) is 9.97 Å². The van der Waals surface area contributed by atoms with Gasteiger partial charge in [-0.2, -0.15) is 0 Å². The van der Waals surface area contributed by atoms with Crippen LogP contribution in [0.3, 0.4) is 0 Å². The van der Waals surface area contributed by atoms with Gasteiger partial charge in [-0.05, 0) is 25.8 Å². The Balaban J connectivity index is 1.94. The van der Waals surface area contributed by atoms with Gasteiger partial charge in [-0.1, -0.05) is 13.3 Å². The Morgan fingerprint density at radius 3 is 2.81 bits per heavy atom. The molecule has 116 valence electrons. The van der Waals surface area contributed by atoms with Gasteiger partial charge >= 0.3 is 5.97 Å². The summed E-state index contributed by atoms with van der Waals surface area (Å²) in [5.41, 5.74) is 1.09. The summed E-state index contributed by atoms with van der Waals surface area (Å²) in [6, 6.07) is 0.685. The summed E-state index contributed by atoms with van der Waals surface area (Å²) in [7, 11) is 1.68. The van der Waals surface area contributed by atoms with E-state index in [4.69, 9.17) is 5.11 Å². The first kappa shape index (κ1) is 15.7. The van der Waals surface area contributed by atoms with Crippen LogP contribution in [0.5, 0.6) is 0 Å². The highest BCUT2D eigenvalue weighted by atomic mass is 16.4. The summed E-state index contributed by atoms with van der Waals surface area (Å²) in [5, 5.41) is 8.77. The van der Waals surface area contributed by atoms with Crippen LogP contribution in [0.25, 0.3) is 0 Å². The van der Waals surface area contributed by atoms with Gasteiger partial charge < -0.3 is 10.0 Å². The summed E-state index contributed by atoms with van der Waals surface area (Å²) in [4.78, 5) is 23.2. The SMILES string of the molecule is CCC[C@@H]1CCCN1Cc1cnc(N(C)CC(=O)O)nc1. The second-order valence-electron chi connectivity index (χ2n) is 5.70. The lowest BCUT2D eigenvalue weighted by molar-refractivity contribution is -0.135. The monoisotopic (exact) mass is 292 g/mol. The molecule has 0 spiro atoms. The van der Waals surface area contributed by atoms with E-state index in [1.165, 1.54) is 30.6 Å². The third kappa shape index (κ3) is 4.39. The van der Waals surface area contributed by atoms with E-state index < -0.39 is 5.97 Å². The quantitative estimate of drug-likeness (QED) is 0.826. The predicted molar refractivity (Wildman–Crippen MR) is 81.3 cm³/mol. The summed E-state index contributed by atoms with van der Waals surface area (Å²) < 4.78 is 0. The van der Waals surface area contributed by atoms with Crippen LogP contribution < -0.4 is 4.90 Å². The molecule has 2 heterocycles. The number of hydrogen-bond donors (Lipinski definition) is 1. The van der Waals surface area contributed by atoms with E-state index in [0.29, 0.717) is 12.0 Å². The maximum atomic E-state index is 10.7. The molecule has 1 aromatic heterocycles. The van der Waals surface area contributed by atoms with Crippen LogP contribution >= 0.6 is 0 Å². The zero-order chi connectivity index (χ0) is 15.2. The predicted octanol–water partition coefficient (Wildman–Crippen LogP) is 1.76. The molecule has 0 bridgehead atoms. The zero-order valence-corrected chi connectivity index (χ0v) is 12.8. The van der Waals surface area contributed by atoms with E-state index in [9.17, 15) is 4.79 Å². The van der Waals surface area contributed by atoms with E-state index in [1.54, 1.807) is 7.05 Å². The molecule has 1 N–H and O–H groups in total. The number of likely N-dealkylation sites (tertiary alicyclic amines) is 1. The number of carboxylic acids is 1. The lowest BCUT2D eigenvalue weighted by Gasteiger charge is -2.24. The Hall–Kier alpha value is -1.69. The Morgan fingerprint density at radius 1 is 1.48 bits per heavy atom. The number of nitrogens with zero attached hydrogens (tertiary/aromatic N) is 4. The molecule has 21 heavy (non-hydrogen) atoms. The van der Waals surface area contributed by atoms with Crippen LogP contribution in [0.4, 0.5) is 5.95 Å². The molecule has 1 aliphatic heterocycles. The average Bonchev–Trinajstić information content (AvgIpc) is 2.86. The fourth-order valence-electron chi connectivity index (χ4n) is 2.90. The fourth-order valence-corrected chi connectivity index (χ4v) is 2.90. The van der Waals surface area contributed by atoms with Crippen LogP contribution in [0.1, 0.15) is 38.2 Å². The molecule has 2 rings (SSSR count). The topological polar surface area (TPSA) is 69.6 Å². The van der Waals surface area contributed by atoms with Crippen molar-refractivity contribution in [2.75, 3.05) is 25.0 Å². The Labute approximate surface area is 125 Å². The van der Waals surface area contributed by atoms with Gasteiger partial charge in [0.05, 0.1) is 0 Å². The lowest BCUT2D eigenvalue weighted by atomic mass is 10.1. The molecule has 1 aliphatic rings. The molecular weight excluding hydrogens is 268 g/mol. The van der Waals surface area contributed by atoms with Crippen molar-refractivity contribution in [3.05, 3.63) is 18.0 Å². The Bertz CT molecular complexity index is 463. The molecule has 0 unspecified atom stereocenters. The smallest absolute Gasteiger partial charge is 0.323 e. The molecule has 0 radical (unpaired) electrons. The Morgan fingerprint density at radius 2 is 2.19 bits per heavy atom. The van der Waals surface area contributed by atoms with Crippen LogP contribution in [-0.4, -0.2) is 52.1 Å². The molecule has 1 aromatic rings. The first-order valence-electron chi connectivity index (χ1n) is 7.58. The molecule has 0 aromatic carbocycles. The summed E-state index contributed by atoms with van der Waals surface area (Å²) in [6.07, 6.45) is 8.64. The summed E-state index contributed by atoms with van der Waals surface area (Å²) in [5.74, 6) is -0.433. The number of rotatable bonds is 7. The van der Waals surface area contributed by atoms with Crippen molar-refractivity contribution < 1.29 is 9.90 Å². The minimum Gasteiger partial charge on any atom is -0.480 e. The van der Waals surface area contributed by atoms with Gasteiger partial charge in [0.15, 0.2) is 0 Å². The molecule has 6 heteroatoms. The number of carboxylic acid groups (broad SMARTS) is 1. The van der Waals surface area contributed by atoms with Crippen molar-refractivity contribution in [1.29, 1.82) is 0 Å². The first-order chi connectivity index (χ1) is 10.1. The van der Waals surface area contributed by atoms with Gasteiger partial charge in [0.25, 0.3) is 0 Å². The minimum absolute atomic E-state index is 0.0932. The van der Waals surface area contributed by atoms with Crippen molar-refractivity contribution in [3.8, 4) is 0 Å². The second-order valence-corrected chi connectivity index (χ2v) is 5.70. The summed E-state index contributed by atoms with van der Waals surface area (Å²) in [6.45, 7) is 4.16. The number of hydrogen-bond acceptors (Lipinski definition) is 5. The van der Waals surface area contributed by atoms with Crippen LogP contribution in [0.15, 0.2) is 12.4 Å². The maximum Gasteiger partial charge on any atom is 0.323 e. The van der Waals surface area contributed by atoms with Gasteiger partial charge in [0.1, 0.15) is 6.54 Å². The third-order valence-electron chi connectivity index (χ3n) is 3.91. The van der Waals surface area contributed by atoms with E-state index >= 15 is 0 Å². The van der Waals surface area contributed by atoms with Crippen molar-refractivity contribution in [2.45, 2.75) is 45.2 Å². The molecule has 1 saturated heterocycles. The highest BCUT2D eigenvalue weighted by Gasteiger charge is 2.23. The third-order valence-corrected chi connectivity index (χ3v) is 3.91. The number of aromatic nitrogens is 2. The van der Waals surface area contributed by atoms with Crippen LogP contribution in [0.2, 0.25) is 0 Å².